The molecule has 2 atom stereocenters. The van der Waals surface area contributed by atoms with Crippen molar-refractivity contribution in [1.29, 1.82) is 0 Å². The zero-order valence-corrected chi connectivity index (χ0v) is 10.1. The first-order valence-electron chi connectivity index (χ1n) is 5.90. The molecule has 2 unspecified atom stereocenters. The van der Waals surface area contributed by atoms with E-state index < -0.39 is 17.3 Å². The van der Waals surface area contributed by atoms with Crippen LogP contribution in [0.1, 0.15) is 39.5 Å². The highest BCUT2D eigenvalue weighted by Crippen LogP contribution is 2.49. The third-order valence-corrected chi connectivity index (χ3v) is 4.16. The Balaban J connectivity index is 2.55. The number of fused-ring (bicyclic) bond motifs is 1. The number of hydrogen-bond donors (Lipinski definition) is 1. The van der Waals surface area contributed by atoms with Crippen molar-refractivity contribution in [2.24, 2.45) is 11.3 Å². The van der Waals surface area contributed by atoms with Gasteiger partial charge in [-0.15, -0.1) is 0 Å². The lowest BCUT2D eigenvalue weighted by atomic mass is 9.69. The number of ketones is 2. The van der Waals surface area contributed by atoms with E-state index in [1.165, 1.54) is 6.92 Å². The summed E-state index contributed by atoms with van der Waals surface area (Å²) in [5.41, 5.74) is 0.596. The molecule has 0 saturated heterocycles. The van der Waals surface area contributed by atoms with E-state index >= 15 is 0 Å². The molecule has 1 N–H and O–H groups in total. The molecule has 0 amide bonds. The maximum absolute atomic E-state index is 11.9. The van der Waals surface area contributed by atoms with E-state index in [0.717, 1.165) is 5.57 Å². The van der Waals surface area contributed by atoms with Crippen LogP contribution in [0.25, 0.3) is 0 Å². The van der Waals surface area contributed by atoms with Gasteiger partial charge in [0.25, 0.3) is 0 Å². The maximum Gasteiger partial charge on any atom is 0.310 e. The molecule has 0 heterocycles. The van der Waals surface area contributed by atoms with Crippen molar-refractivity contribution in [3.63, 3.8) is 0 Å². The van der Waals surface area contributed by atoms with Crippen molar-refractivity contribution in [1.82, 2.24) is 0 Å². The number of allylic oxidation sites excluding steroid dienone is 1. The minimum atomic E-state index is -0.996. The number of carbonyl (C=O) groups excluding carboxylic acids is 2. The van der Waals surface area contributed by atoms with Gasteiger partial charge in [0, 0.05) is 23.8 Å². The SMILES string of the molecule is CC(C(=O)O)C1=C2CCC(=O)C2(C)CCC1=O. The summed E-state index contributed by atoms with van der Waals surface area (Å²) in [5.74, 6) is -1.75. The van der Waals surface area contributed by atoms with E-state index in [9.17, 15) is 14.4 Å². The molecular formula is C13H16O4. The molecule has 92 valence electrons. The monoisotopic (exact) mass is 236 g/mol. The standard InChI is InChI=1S/C13H16O4/c1-7(12(16)17)11-8-3-4-10(15)13(8,2)6-5-9(11)14/h7H,3-6H2,1-2H3,(H,16,17). The summed E-state index contributed by atoms with van der Waals surface area (Å²) in [6.45, 7) is 3.37. The van der Waals surface area contributed by atoms with E-state index in [2.05, 4.69) is 0 Å². The largest absolute Gasteiger partial charge is 0.481 e. The number of carbonyl (C=O) groups is 3. The van der Waals surface area contributed by atoms with E-state index in [1.54, 1.807) is 0 Å². The highest BCUT2D eigenvalue weighted by atomic mass is 16.4. The summed E-state index contributed by atoms with van der Waals surface area (Å²) < 4.78 is 0. The lowest BCUT2D eigenvalue weighted by Crippen LogP contribution is -2.33. The molecule has 4 nitrogen and oxygen atoms in total. The second-order valence-corrected chi connectivity index (χ2v) is 5.13. The van der Waals surface area contributed by atoms with Crippen LogP contribution in [-0.4, -0.2) is 22.6 Å². The molecule has 0 spiro atoms. The quantitative estimate of drug-likeness (QED) is 0.792. The molecular weight excluding hydrogens is 220 g/mol. The zero-order valence-electron chi connectivity index (χ0n) is 10.1. The van der Waals surface area contributed by atoms with E-state index in [1.807, 2.05) is 6.92 Å². The summed E-state index contributed by atoms with van der Waals surface area (Å²) in [6, 6.07) is 0. The van der Waals surface area contributed by atoms with Crippen molar-refractivity contribution in [2.75, 3.05) is 0 Å². The lowest BCUT2D eigenvalue weighted by molar-refractivity contribution is -0.141. The molecule has 1 fully saturated rings. The second-order valence-electron chi connectivity index (χ2n) is 5.13. The van der Waals surface area contributed by atoms with E-state index in [4.69, 9.17) is 5.11 Å². The predicted octanol–water partition coefficient (Wildman–Crippen LogP) is 1.74. The Morgan fingerprint density at radius 1 is 1.29 bits per heavy atom. The van der Waals surface area contributed by atoms with Crippen LogP contribution >= 0.6 is 0 Å². The lowest BCUT2D eigenvalue weighted by Gasteiger charge is -2.32. The summed E-state index contributed by atoms with van der Waals surface area (Å²) >= 11 is 0. The first-order chi connectivity index (χ1) is 7.88. The molecule has 4 heteroatoms. The van der Waals surface area contributed by atoms with Gasteiger partial charge in [0.1, 0.15) is 5.78 Å². The second kappa shape index (κ2) is 3.79. The third-order valence-electron chi connectivity index (χ3n) is 4.16. The van der Waals surface area contributed by atoms with Crippen molar-refractivity contribution < 1.29 is 19.5 Å². The normalized spacial score (nSPS) is 30.5. The van der Waals surface area contributed by atoms with Crippen LogP contribution in [0, 0.1) is 11.3 Å². The smallest absolute Gasteiger partial charge is 0.310 e. The molecule has 2 aliphatic carbocycles. The van der Waals surface area contributed by atoms with E-state index in [-0.39, 0.29) is 11.6 Å². The third kappa shape index (κ3) is 1.63. The van der Waals surface area contributed by atoms with Crippen LogP contribution in [0.2, 0.25) is 0 Å². The van der Waals surface area contributed by atoms with Gasteiger partial charge in [-0.1, -0.05) is 0 Å². The van der Waals surface area contributed by atoms with Gasteiger partial charge < -0.3 is 5.11 Å². The van der Waals surface area contributed by atoms with Gasteiger partial charge in [-0.3, -0.25) is 14.4 Å². The first kappa shape index (κ1) is 12.0. The molecule has 1 saturated carbocycles. The van der Waals surface area contributed by atoms with Crippen LogP contribution in [0.15, 0.2) is 11.1 Å². The van der Waals surface area contributed by atoms with Gasteiger partial charge in [-0.2, -0.15) is 0 Å². The molecule has 2 aliphatic rings. The number of aliphatic carboxylic acids is 1. The maximum atomic E-state index is 11.9. The van der Waals surface area contributed by atoms with Gasteiger partial charge in [-0.05, 0) is 32.3 Å². The molecule has 0 radical (unpaired) electrons. The summed E-state index contributed by atoms with van der Waals surface area (Å²) in [6.07, 6.45) is 1.82. The Labute approximate surface area is 99.7 Å². The van der Waals surface area contributed by atoms with Gasteiger partial charge in [-0.25, -0.2) is 0 Å². The first-order valence-corrected chi connectivity index (χ1v) is 5.90. The number of hydrogen-bond acceptors (Lipinski definition) is 3. The average molecular weight is 236 g/mol. The van der Waals surface area contributed by atoms with Crippen LogP contribution < -0.4 is 0 Å². The van der Waals surface area contributed by atoms with Crippen LogP contribution in [0.5, 0.6) is 0 Å². The summed E-state index contributed by atoms with van der Waals surface area (Å²) in [7, 11) is 0. The van der Waals surface area contributed by atoms with Crippen molar-refractivity contribution in [3.05, 3.63) is 11.1 Å². The van der Waals surface area contributed by atoms with Gasteiger partial charge in [0.05, 0.1) is 5.92 Å². The Hall–Kier alpha value is -1.45. The van der Waals surface area contributed by atoms with Crippen molar-refractivity contribution in [3.8, 4) is 0 Å². The molecule has 0 aromatic carbocycles. The molecule has 0 aromatic heterocycles. The summed E-state index contributed by atoms with van der Waals surface area (Å²) in [5, 5.41) is 9.05. The fourth-order valence-electron chi connectivity index (χ4n) is 2.97. The van der Waals surface area contributed by atoms with Gasteiger partial charge in [0.2, 0.25) is 0 Å². The Morgan fingerprint density at radius 2 is 1.94 bits per heavy atom. The Morgan fingerprint density at radius 3 is 2.53 bits per heavy atom. The fourth-order valence-corrected chi connectivity index (χ4v) is 2.97. The molecule has 0 bridgehead atoms. The van der Waals surface area contributed by atoms with Gasteiger partial charge in [0.15, 0.2) is 5.78 Å². The minimum absolute atomic E-state index is 0.0953. The minimum Gasteiger partial charge on any atom is -0.481 e. The molecule has 0 aliphatic heterocycles. The topological polar surface area (TPSA) is 71.4 Å². The predicted molar refractivity (Wildman–Crippen MR) is 60.4 cm³/mol. The van der Waals surface area contributed by atoms with Gasteiger partial charge >= 0.3 is 5.97 Å². The Kier molecular flexibility index (Phi) is 2.68. The van der Waals surface area contributed by atoms with Crippen molar-refractivity contribution >= 4 is 17.5 Å². The van der Waals surface area contributed by atoms with Crippen LogP contribution in [0.4, 0.5) is 0 Å². The average Bonchev–Trinajstić information content (AvgIpc) is 2.56. The highest BCUT2D eigenvalue weighted by Gasteiger charge is 2.48. The number of rotatable bonds is 2. The number of Topliss-reactive ketones (excluding diaryl/α,β-unsaturated/α-hetero) is 2. The summed E-state index contributed by atoms with van der Waals surface area (Å²) in [4.78, 5) is 34.8. The number of carboxylic acid groups (broad SMARTS) is 1. The van der Waals surface area contributed by atoms with E-state index in [0.29, 0.717) is 31.3 Å². The van der Waals surface area contributed by atoms with Crippen LogP contribution in [-0.2, 0) is 14.4 Å². The number of carboxylic acids is 1. The fraction of sp³-hybridized carbons (Fsp3) is 0.615. The molecule has 2 rings (SSSR count). The highest BCUT2D eigenvalue weighted by molar-refractivity contribution is 6.05. The molecule has 17 heavy (non-hydrogen) atoms. The van der Waals surface area contributed by atoms with Crippen molar-refractivity contribution in [2.45, 2.75) is 39.5 Å². The molecule has 0 aromatic rings. The van der Waals surface area contributed by atoms with Crippen LogP contribution in [0.3, 0.4) is 0 Å². The zero-order chi connectivity index (χ0) is 12.8. The Bertz CT molecular complexity index is 446.